The highest BCUT2D eigenvalue weighted by Crippen LogP contribution is 2.27. The predicted molar refractivity (Wildman–Crippen MR) is 78.9 cm³/mol. The largest absolute Gasteiger partial charge is 0.493 e. The van der Waals surface area contributed by atoms with Gasteiger partial charge >= 0.3 is 0 Å². The molecule has 0 spiro atoms. The highest BCUT2D eigenvalue weighted by atomic mass is 16.5. The molecule has 0 atom stereocenters. The number of fused-ring (bicyclic) bond motifs is 1. The van der Waals surface area contributed by atoms with Gasteiger partial charge in [-0.05, 0) is 41.5 Å². The van der Waals surface area contributed by atoms with E-state index in [-0.39, 0.29) is 0 Å². The van der Waals surface area contributed by atoms with Crippen molar-refractivity contribution in [3.8, 4) is 11.8 Å². The summed E-state index contributed by atoms with van der Waals surface area (Å²) in [6, 6.07) is 16.2. The molecule has 0 bridgehead atoms. The van der Waals surface area contributed by atoms with Crippen LogP contribution in [0.15, 0.2) is 42.5 Å². The SMILES string of the molecule is CN(Cc1ccc2c(c1)CCO2)c1ccc(C#N)cc1. The number of hydrogen-bond acceptors (Lipinski definition) is 3. The first-order chi connectivity index (χ1) is 9.76. The van der Waals surface area contributed by atoms with Gasteiger partial charge in [0.05, 0.1) is 18.2 Å². The summed E-state index contributed by atoms with van der Waals surface area (Å²) in [6.45, 7) is 1.64. The number of nitriles is 1. The lowest BCUT2D eigenvalue weighted by molar-refractivity contribution is 0.357. The van der Waals surface area contributed by atoms with E-state index in [1.807, 2.05) is 24.3 Å². The van der Waals surface area contributed by atoms with Crippen molar-refractivity contribution < 1.29 is 4.74 Å². The standard InChI is InChI=1S/C17H16N2O/c1-19(16-5-2-13(11-18)3-6-16)12-14-4-7-17-15(10-14)8-9-20-17/h2-7,10H,8-9,12H2,1H3. The molecule has 20 heavy (non-hydrogen) atoms. The Morgan fingerprint density at radius 1 is 1.20 bits per heavy atom. The molecule has 3 nitrogen and oxygen atoms in total. The van der Waals surface area contributed by atoms with Gasteiger partial charge in [-0.3, -0.25) is 0 Å². The minimum absolute atomic E-state index is 0.692. The van der Waals surface area contributed by atoms with E-state index in [0.717, 1.165) is 31.0 Å². The van der Waals surface area contributed by atoms with Crippen LogP contribution in [0.4, 0.5) is 5.69 Å². The molecular weight excluding hydrogens is 248 g/mol. The van der Waals surface area contributed by atoms with E-state index < -0.39 is 0 Å². The van der Waals surface area contributed by atoms with Crippen molar-refractivity contribution in [2.45, 2.75) is 13.0 Å². The summed E-state index contributed by atoms with van der Waals surface area (Å²) in [5.41, 5.74) is 4.38. The maximum Gasteiger partial charge on any atom is 0.122 e. The van der Waals surface area contributed by atoms with Crippen LogP contribution >= 0.6 is 0 Å². The number of hydrogen-bond donors (Lipinski definition) is 0. The Hall–Kier alpha value is -2.47. The van der Waals surface area contributed by atoms with Crippen LogP contribution in [0.3, 0.4) is 0 Å². The second-order valence-electron chi connectivity index (χ2n) is 5.06. The number of nitrogens with zero attached hydrogens (tertiary/aromatic N) is 2. The van der Waals surface area contributed by atoms with Crippen molar-refractivity contribution >= 4 is 5.69 Å². The van der Waals surface area contributed by atoms with E-state index in [1.54, 1.807) is 0 Å². The van der Waals surface area contributed by atoms with Gasteiger partial charge in [0.2, 0.25) is 0 Å². The Morgan fingerprint density at radius 3 is 2.75 bits per heavy atom. The number of ether oxygens (including phenoxy) is 1. The van der Waals surface area contributed by atoms with Gasteiger partial charge in [-0.2, -0.15) is 5.26 Å². The molecule has 1 heterocycles. The smallest absolute Gasteiger partial charge is 0.122 e. The molecular formula is C17H16N2O. The van der Waals surface area contributed by atoms with Crippen LogP contribution in [0, 0.1) is 11.3 Å². The van der Waals surface area contributed by atoms with Crippen molar-refractivity contribution in [2.75, 3.05) is 18.6 Å². The van der Waals surface area contributed by atoms with Crippen LogP contribution in [-0.4, -0.2) is 13.7 Å². The maximum absolute atomic E-state index is 8.82. The lowest BCUT2D eigenvalue weighted by Gasteiger charge is -2.19. The first-order valence-corrected chi connectivity index (χ1v) is 6.72. The third-order valence-electron chi connectivity index (χ3n) is 3.61. The summed E-state index contributed by atoms with van der Waals surface area (Å²) in [6.07, 6.45) is 1.00. The molecule has 0 saturated heterocycles. The molecule has 0 amide bonds. The quantitative estimate of drug-likeness (QED) is 0.854. The molecule has 0 N–H and O–H groups in total. The second-order valence-corrected chi connectivity index (χ2v) is 5.06. The molecule has 100 valence electrons. The summed E-state index contributed by atoms with van der Waals surface area (Å²) in [5, 5.41) is 8.82. The molecule has 2 aromatic rings. The lowest BCUT2D eigenvalue weighted by Crippen LogP contribution is -2.16. The zero-order valence-corrected chi connectivity index (χ0v) is 11.5. The number of benzene rings is 2. The van der Waals surface area contributed by atoms with E-state index in [1.165, 1.54) is 11.1 Å². The monoisotopic (exact) mass is 264 g/mol. The normalized spacial score (nSPS) is 12.4. The zero-order valence-electron chi connectivity index (χ0n) is 11.5. The minimum atomic E-state index is 0.692. The number of anilines is 1. The molecule has 0 radical (unpaired) electrons. The van der Waals surface area contributed by atoms with Crippen molar-refractivity contribution in [3.05, 3.63) is 59.2 Å². The van der Waals surface area contributed by atoms with E-state index in [2.05, 4.69) is 36.2 Å². The highest BCUT2D eigenvalue weighted by molar-refractivity contribution is 5.50. The molecule has 0 unspecified atom stereocenters. The Balaban J connectivity index is 1.75. The molecule has 1 aliphatic rings. The Bertz CT molecular complexity index is 656. The summed E-state index contributed by atoms with van der Waals surface area (Å²) in [5.74, 6) is 1.02. The third kappa shape index (κ3) is 2.46. The van der Waals surface area contributed by atoms with Crippen molar-refractivity contribution in [1.29, 1.82) is 5.26 Å². The average molecular weight is 264 g/mol. The molecule has 0 saturated carbocycles. The summed E-state index contributed by atoms with van der Waals surface area (Å²) in [7, 11) is 2.06. The molecule has 0 fully saturated rings. The summed E-state index contributed by atoms with van der Waals surface area (Å²) < 4.78 is 5.52. The van der Waals surface area contributed by atoms with Crippen LogP contribution in [0.25, 0.3) is 0 Å². The first kappa shape index (κ1) is 12.6. The minimum Gasteiger partial charge on any atom is -0.493 e. The summed E-state index contributed by atoms with van der Waals surface area (Å²) >= 11 is 0. The van der Waals surface area contributed by atoms with Crippen LogP contribution < -0.4 is 9.64 Å². The second kappa shape index (κ2) is 5.26. The van der Waals surface area contributed by atoms with E-state index in [4.69, 9.17) is 10.00 Å². The molecule has 2 aromatic carbocycles. The van der Waals surface area contributed by atoms with Gasteiger partial charge in [0.15, 0.2) is 0 Å². The third-order valence-corrected chi connectivity index (χ3v) is 3.61. The molecule has 0 aliphatic carbocycles. The van der Waals surface area contributed by atoms with Crippen LogP contribution in [0.2, 0.25) is 0 Å². The fourth-order valence-electron chi connectivity index (χ4n) is 2.49. The highest BCUT2D eigenvalue weighted by Gasteiger charge is 2.12. The zero-order chi connectivity index (χ0) is 13.9. The fraction of sp³-hybridized carbons (Fsp3) is 0.235. The van der Waals surface area contributed by atoms with Gasteiger partial charge in [0.25, 0.3) is 0 Å². The topological polar surface area (TPSA) is 36.3 Å². The van der Waals surface area contributed by atoms with Crippen molar-refractivity contribution in [1.82, 2.24) is 0 Å². The van der Waals surface area contributed by atoms with Crippen molar-refractivity contribution in [3.63, 3.8) is 0 Å². The molecule has 3 heteroatoms. The van der Waals surface area contributed by atoms with E-state index >= 15 is 0 Å². The summed E-state index contributed by atoms with van der Waals surface area (Å²) in [4.78, 5) is 2.18. The van der Waals surface area contributed by atoms with E-state index in [9.17, 15) is 0 Å². The molecule has 3 rings (SSSR count). The van der Waals surface area contributed by atoms with Gasteiger partial charge in [-0.25, -0.2) is 0 Å². The fourth-order valence-corrected chi connectivity index (χ4v) is 2.49. The van der Waals surface area contributed by atoms with Gasteiger partial charge in [0.1, 0.15) is 5.75 Å². The van der Waals surface area contributed by atoms with Crippen LogP contribution in [0.1, 0.15) is 16.7 Å². The lowest BCUT2D eigenvalue weighted by atomic mass is 10.1. The van der Waals surface area contributed by atoms with Gasteiger partial charge < -0.3 is 9.64 Å². The first-order valence-electron chi connectivity index (χ1n) is 6.72. The number of rotatable bonds is 3. The molecule has 1 aliphatic heterocycles. The Kier molecular flexibility index (Phi) is 3.30. The maximum atomic E-state index is 8.82. The predicted octanol–water partition coefficient (Wildman–Crippen LogP) is 3.13. The Morgan fingerprint density at radius 2 is 2.00 bits per heavy atom. The molecule has 0 aromatic heterocycles. The average Bonchev–Trinajstić information content (AvgIpc) is 2.95. The van der Waals surface area contributed by atoms with Gasteiger partial charge in [-0.15, -0.1) is 0 Å². The van der Waals surface area contributed by atoms with E-state index in [0.29, 0.717) is 5.56 Å². The van der Waals surface area contributed by atoms with Gasteiger partial charge in [-0.1, -0.05) is 12.1 Å². The van der Waals surface area contributed by atoms with Crippen LogP contribution in [0.5, 0.6) is 5.75 Å². The van der Waals surface area contributed by atoms with Gasteiger partial charge in [0, 0.05) is 25.7 Å². The van der Waals surface area contributed by atoms with Crippen LogP contribution in [-0.2, 0) is 13.0 Å². The van der Waals surface area contributed by atoms with Crippen molar-refractivity contribution in [2.24, 2.45) is 0 Å². The Labute approximate surface area is 119 Å².